The van der Waals surface area contributed by atoms with Crippen molar-refractivity contribution in [1.29, 1.82) is 0 Å². The van der Waals surface area contributed by atoms with Gasteiger partial charge in [0.05, 0.1) is 11.3 Å². The molecule has 0 bridgehead atoms. The van der Waals surface area contributed by atoms with Gasteiger partial charge in [0.15, 0.2) is 0 Å². The van der Waals surface area contributed by atoms with Crippen LogP contribution in [0.2, 0.25) is 0 Å². The van der Waals surface area contributed by atoms with E-state index in [-0.39, 0.29) is 12.6 Å². The van der Waals surface area contributed by atoms with Crippen molar-refractivity contribution in [2.75, 3.05) is 11.4 Å². The molecule has 0 saturated heterocycles. The van der Waals surface area contributed by atoms with Crippen LogP contribution in [0.4, 0.5) is 5.69 Å². The highest BCUT2D eigenvalue weighted by molar-refractivity contribution is 5.99. The zero-order valence-electron chi connectivity index (χ0n) is 11.5. The normalized spacial score (nSPS) is 11.9. The molecule has 0 heterocycles. The van der Waals surface area contributed by atoms with Crippen LogP contribution in [0, 0.1) is 6.92 Å². The Kier molecular flexibility index (Phi) is 4.92. The van der Waals surface area contributed by atoms with Gasteiger partial charge in [-0.15, -0.1) is 0 Å². The molecule has 5 nitrogen and oxygen atoms in total. The minimum Gasteiger partial charge on any atom is -0.480 e. The van der Waals surface area contributed by atoms with Gasteiger partial charge in [-0.25, -0.2) is 0 Å². The quantitative estimate of drug-likeness (QED) is 0.820. The minimum absolute atomic E-state index is 0.0102. The summed E-state index contributed by atoms with van der Waals surface area (Å²) >= 11 is 0. The predicted octanol–water partition coefficient (Wildman–Crippen LogP) is 1.78. The molecule has 1 unspecified atom stereocenters. The van der Waals surface area contributed by atoms with Crippen molar-refractivity contribution in [3.05, 3.63) is 29.3 Å². The monoisotopic (exact) mass is 264 g/mol. The fourth-order valence-corrected chi connectivity index (χ4v) is 1.93. The number of carboxylic acid groups (broad SMARTS) is 1. The maximum Gasteiger partial charge on any atom is 0.323 e. The lowest BCUT2D eigenvalue weighted by atomic mass is 10.1. The van der Waals surface area contributed by atoms with E-state index in [2.05, 4.69) is 0 Å². The first-order valence-corrected chi connectivity index (χ1v) is 6.25. The zero-order valence-corrected chi connectivity index (χ0v) is 11.5. The summed E-state index contributed by atoms with van der Waals surface area (Å²) in [7, 11) is 0. The fourth-order valence-electron chi connectivity index (χ4n) is 1.93. The van der Waals surface area contributed by atoms with E-state index in [1.165, 1.54) is 0 Å². The Morgan fingerprint density at radius 2 is 2.05 bits per heavy atom. The summed E-state index contributed by atoms with van der Waals surface area (Å²) in [5.41, 5.74) is 7.26. The van der Waals surface area contributed by atoms with Crippen LogP contribution in [0.1, 0.15) is 36.2 Å². The molecule has 0 aliphatic heterocycles. The molecule has 1 amide bonds. The van der Waals surface area contributed by atoms with E-state index >= 15 is 0 Å². The van der Waals surface area contributed by atoms with E-state index in [4.69, 9.17) is 10.8 Å². The van der Waals surface area contributed by atoms with E-state index in [9.17, 15) is 9.59 Å². The second kappa shape index (κ2) is 6.22. The summed E-state index contributed by atoms with van der Waals surface area (Å²) in [6.07, 6.45) is 0.777. The maximum atomic E-state index is 11.5. The predicted molar refractivity (Wildman–Crippen MR) is 74.4 cm³/mol. The third-order valence-electron chi connectivity index (χ3n) is 3.16. The first kappa shape index (κ1) is 15.0. The van der Waals surface area contributed by atoms with Gasteiger partial charge in [0.1, 0.15) is 6.54 Å². The Morgan fingerprint density at radius 3 is 2.53 bits per heavy atom. The number of benzene rings is 1. The van der Waals surface area contributed by atoms with Crippen molar-refractivity contribution < 1.29 is 14.7 Å². The van der Waals surface area contributed by atoms with Crippen molar-refractivity contribution in [2.24, 2.45) is 5.73 Å². The summed E-state index contributed by atoms with van der Waals surface area (Å²) in [6, 6.07) is 5.24. The molecule has 3 N–H and O–H groups in total. The molecule has 104 valence electrons. The second-order valence-electron chi connectivity index (χ2n) is 4.66. The van der Waals surface area contributed by atoms with Gasteiger partial charge in [-0.2, -0.15) is 0 Å². The number of nitrogens with two attached hydrogens (primary N) is 1. The Bertz CT molecular complexity index is 486. The zero-order chi connectivity index (χ0) is 14.6. The SMILES string of the molecule is CCC(C)N(CC(=O)O)c1cc(C)ccc1C(N)=O. The van der Waals surface area contributed by atoms with Crippen LogP contribution < -0.4 is 10.6 Å². The summed E-state index contributed by atoms with van der Waals surface area (Å²) < 4.78 is 0. The number of aryl methyl sites for hydroxylation is 1. The molecule has 0 aliphatic rings. The Morgan fingerprint density at radius 1 is 1.42 bits per heavy atom. The fraction of sp³-hybridized carbons (Fsp3) is 0.429. The van der Waals surface area contributed by atoms with Crippen LogP contribution in [0.5, 0.6) is 0 Å². The molecule has 1 aromatic carbocycles. The second-order valence-corrected chi connectivity index (χ2v) is 4.66. The van der Waals surface area contributed by atoms with Crippen LogP contribution in [-0.4, -0.2) is 29.6 Å². The van der Waals surface area contributed by atoms with E-state index < -0.39 is 11.9 Å². The van der Waals surface area contributed by atoms with Crippen LogP contribution in [0.25, 0.3) is 0 Å². The van der Waals surface area contributed by atoms with E-state index in [0.29, 0.717) is 11.3 Å². The molecule has 1 rings (SSSR count). The molecule has 0 aliphatic carbocycles. The van der Waals surface area contributed by atoms with Gasteiger partial charge < -0.3 is 15.7 Å². The van der Waals surface area contributed by atoms with Crippen molar-refractivity contribution in [3.63, 3.8) is 0 Å². The number of carbonyl (C=O) groups excluding carboxylic acids is 1. The highest BCUT2D eigenvalue weighted by Crippen LogP contribution is 2.24. The molecule has 19 heavy (non-hydrogen) atoms. The number of carbonyl (C=O) groups is 2. The summed E-state index contributed by atoms with van der Waals surface area (Å²) in [5.74, 6) is -1.48. The number of primary amides is 1. The first-order chi connectivity index (χ1) is 8.86. The minimum atomic E-state index is -0.933. The average molecular weight is 264 g/mol. The number of aliphatic carboxylic acids is 1. The first-order valence-electron chi connectivity index (χ1n) is 6.25. The molecule has 0 aromatic heterocycles. The third-order valence-corrected chi connectivity index (χ3v) is 3.16. The van der Waals surface area contributed by atoms with Crippen LogP contribution in [0.3, 0.4) is 0 Å². The van der Waals surface area contributed by atoms with E-state index in [1.807, 2.05) is 20.8 Å². The van der Waals surface area contributed by atoms with Crippen LogP contribution in [0.15, 0.2) is 18.2 Å². The topological polar surface area (TPSA) is 83.6 Å². The number of hydrogen-bond donors (Lipinski definition) is 2. The van der Waals surface area contributed by atoms with Crippen molar-refractivity contribution >= 4 is 17.6 Å². The summed E-state index contributed by atoms with van der Waals surface area (Å²) in [6.45, 7) is 5.64. The molecule has 0 radical (unpaired) electrons. The van der Waals surface area contributed by atoms with Crippen molar-refractivity contribution in [3.8, 4) is 0 Å². The molecule has 0 saturated carbocycles. The van der Waals surface area contributed by atoms with Crippen molar-refractivity contribution in [1.82, 2.24) is 0 Å². The molecule has 5 heteroatoms. The van der Waals surface area contributed by atoms with Gasteiger partial charge in [-0.1, -0.05) is 13.0 Å². The van der Waals surface area contributed by atoms with Gasteiger partial charge in [0, 0.05) is 6.04 Å². The lowest BCUT2D eigenvalue weighted by Crippen LogP contribution is -2.38. The standard InChI is InChI=1S/C14H20N2O3/c1-4-10(3)16(8-13(17)18)12-7-9(2)5-6-11(12)14(15)19/h5-7,10H,4,8H2,1-3H3,(H2,15,19)(H,17,18). The Labute approximate surface area is 113 Å². The molecule has 1 atom stereocenters. The maximum absolute atomic E-state index is 11.5. The lowest BCUT2D eigenvalue weighted by Gasteiger charge is -2.30. The molecule has 0 spiro atoms. The van der Waals surface area contributed by atoms with Gasteiger partial charge in [-0.05, 0) is 38.0 Å². The van der Waals surface area contributed by atoms with Gasteiger partial charge in [0.2, 0.25) is 0 Å². The molecule has 0 fully saturated rings. The van der Waals surface area contributed by atoms with Crippen LogP contribution >= 0.6 is 0 Å². The number of carboxylic acids is 1. The Balaban J connectivity index is 3.30. The largest absolute Gasteiger partial charge is 0.480 e. The van der Waals surface area contributed by atoms with E-state index in [1.54, 1.807) is 23.1 Å². The van der Waals surface area contributed by atoms with Crippen LogP contribution in [-0.2, 0) is 4.79 Å². The highest BCUT2D eigenvalue weighted by atomic mass is 16.4. The molecule has 1 aromatic rings. The number of amides is 1. The number of rotatable bonds is 6. The number of nitrogens with zero attached hydrogens (tertiary/aromatic N) is 1. The van der Waals surface area contributed by atoms with Gasteiger partial charge in [0.25, 0.3) is 5.91 Å². The van der Waals surface area contributed by atoms with E-state index in [0.717, 1.165) is 12.0 Å². The summed E-state index contributed by atoms with van der Waals surface area (Å²) in [5, 5.41) is 9.03. The third kappa shape index (κ3) is 3.71. The lowest BCUT2D eigenvalue weighted by molar-refractivity contribution is -0.135. The Hall–Kier alpha value is -2.04. The number of hydrogen-bond acceptors (Lipinski definition) is 3. The average Bonchev–Trinajstić information content (AvgIpc) is 2.34. The molecular formula is C14H20N2O3. The van der Waals surface area contributed by atoms with Gasteiger partial charge >= 0.3 is 5.97 Å². The summed E-state index contributed by atoms with van der Waals surface area (Å²) in [4.78, 5) is 24.2. The molecular weight excluding hydrogens is 244 g/mol. The number of anilines is 1. The highest BCUT2D eigenvalue weighted by Gasteiger charge is 2.21. The van der Waals surface area contributed by atoms with Gasteiger partial charge in [-0.3, -0.25) is 9.59 Å². The van der Waals surface area contributed by atoms with Crippen molar-refractivity contribution in [2.45, 2.75) is 33.2 Å². The smallest absolute Gasteiger partial charge is 0.323 e.